The van der Waals surface area contributed by atoms with Crippen molar-refractivity contribution in [3.63, 3.8) is 0 Å². The van der Waals surface area contributed by atoms with E-state index in [2.05, 4.69) is 35.3 Å². The molecule has 0 radical (unpaired) electrons. The Hall–Kier alpha value is -3.02. The lowest BCUT2D eigenvalue weighted by molar-refractivity contribution is -0.143. The zero-order valence-corrected chi connectivity index (χ0v) is 15.1. The van der Waals surface area contributed by atoms with Crippen LogP contribution >= 0.6 is 0 Å². The van der Waals surface area contributed by atoms with Crippen LogP contribution in [0.1, 0.15) is 5.56 Å². The number of methoxy groups -OCH3 is 1. The minimum absolute atomic E-state index is 0.496. The molecule has 136 valence electrons. The number of piperazine rings is 1. The summed E-state index contributed by atoms with van der Waals surface area (Å²) in [5.41, 5.74) is 2.93. The summed E-state index contributed by atoms with van der Waals surface area (Å²) in [6.07, 6.45) is 0. The number of amides is 2. The molecule has 2 aromatic carbocycles. The highest BCUT2D eigenvalue weighted by atomic mass is 16.5. The van der Waals surface area contributed by atoms with Crippen LogP contribution in [0.5, 0.6) is 5.75 Å². The molecule has 26 heavy (non-hydrogen) atoms. The average molecular weight is 353 g/mol. The molecule has 1 N–H and O–H groups in total. The van der Waals surface area contributed by atoms with Crippen LogP contribution in [0.2, 0.25) is 0 Å². The van der Waals surface area contributed by atoms with E-state index in [0.717, 1.165) is 5.69 Å². The predicted octanol–water partition coefficient (Wildman–Crippen LogP) is 2.29. The second-order valence-electron chi connectivity index (χ2n) is 6.30. The third kappa shape index (κ3) is 4.14. The number of carbonyl (C=O) groups is 2. The molecule has 1 fully saturated rings. The van der Waals surface area contributed by atoms with Gasteiger partial charge in [0.15, 0.2) is 0 Å². The highest BCUT2D eigenvalue weighted by molar-refractivity contribution is 6.39. The molecule has 0 saturated carbocycles. The van der Waals surface area contributed by atoms with E-state index < -0.39 is 11.8 Å². The van der Waals surface area contributed by atoms with Gasteiger partial charge in [-0.1, -0.05) is 12.1 Å². The summed E-state index contributed by atoms with van der Waals surface area (Å²) in [4.78, 5) is 28.4. The third-order valence-electron chi connectivity index (χ3n) is 4.48. The number of ether oxygens (including phenoxy) is 1. The number of carbonyl (C=O) groups excluding carboxylic acids is 2. The molecule has 0 bridgehead atoms. The highest BCUT2D eigenvalue weighted by Gasteiger charge is 2.26. The van der Waals surface area contributed by atoms with Gasteiger partial charge in [-0.25, -0.2) is 0 Å². The molecule has 0 unspecified atom stereocenters. The minimum atomic E-state index is -0.612. The van der Waals surface area contributed by atoms with Crippen LogP contribution in [0, 0.1) is 6.92 Å². The van der Waals surface area contributed by atoms with Crippen LogP contribution in [0.4, 0.5) is 11.4 Å². The van der Waals surface area contributed by atoms with Crippen molar-refractivity contribution in [1.29, 1.82) is 0 Å². The molecule has 1 saturated heterocycles. The zero-order valence-electron chi connectivity index (χ0n) is 15.1. The summed E-state index contributed by atoms with van der Waals surface area (Å²) in [5, 5.41) is 2.64. The Bertz CT molecular complexity index is 781. The number of benzene rings is 2. The van der Waals surface area contributed by atoms with Crippen molar-refractivity contribution in [3.05, 3.63) is 54.1 Å². The molecular formula is C20H23N3O3. The normalized spacial score (nSPS) is 14.1. The Morgan fingerprint density at radius 2 is 1.69 bits per heavy atom. The van der Waals surface area contributed by atoms with Crippen molar-refractivity contribution >= 4 is 23.2 Å². The van der Waals surface area contributed by atoms with E-state index in [0.29, 0.717) is 37.6 Å². The molecule has 0 aromatic heterocycles. The second kappa shape index (κ2) is 7.91. The first-order chi connectivity index (χ1) is 12.6. The molecule has 0 atom stereocenters. The summed E-state index contributed by atoms with van der Waals surface area (Å²) in [5.74, 6) is -0.412. The first-order valence-corrected chi connectivity index (χ1v) is 8.63. The van der Waals surface area contributed by atoms with Crippen LogP contribution in [-0.4, -0.2) is 50.0 Å². The largest absolute Gasteiger partial charge is 0.497 e. The van der Waals surface area contributed by atoms with Gasteiger partial charge in [-0.15, -0.1) is 0 Å². The number of anilines is 2. The first-order valence-electron chi connectivity index (χ1n) is 8.63. The van der Waals surface area contributed by atoms with Crippen molar-refractivity contribution in [2.75, 3.05) is 43.5 Å². The van der Waals surface area contributed by atoms with E-state index in [9.17, 15) is 9.59 Å². The van der Waals surface area contributed by atoms with Gasteiger partial charge in [0.2, 0.25) is 0 Å². The molecule has 6 heteroatoms. The Morgan fingerprint density at radius 3 is 2.31 bits per heavy atom. The summed E-state index contributed by atoms with van der Waals surface area (Å²) < 4.78 is 5.08. The summed E-state index contributed by atoms with van der Waals surface area (Å²) in [7, 11) is 1.58. The maximum absolute atomic E-state index is 12.4. The number of hydrogen-bond donors (Lipinski definition) is 1. The molecule has 2 aromatic rings. The summed E-state index contributed by atoms with van der Waals surface area (Å²) in [6.45, 7) is 4.55. The second-order valence-corrected chi connectivity index (χ2v) is 6.30. The summed E-state index contributed by atoms with van der Waals surface area (Å²) >= 11 is 0. The number of aryl methyl sites for hydroxylation is 1. The van der Waals surface area contributed by atoms with E-state index in [1.54, 1.807) is 36.3 Å². The van der Waals surface area contributed by atoms with E-state index >= 15 is 0 Å². The van der Waals surface area contributed by atoms with Gasteiger partial charge in [0.05, 0.1) is 7.11 Å². The lowest BCUT2D eigenvalue weighted by Gasteiger charge is -2.35. The van der Waals surface area contributed by atoms with Crippen molar-refractivity contribution in [1.82, 2.24) is 4.90 Å². The Labute approximate surface area is 153 Å². The van der Waals surface area contributed by atoms with Gasteiger partial charge in [0, 0.05) is 37.6 Å². The van der Waals surface area contributed by atoms with Gasteiger partial charge in [0.25, 0.3) is 0 Å². The molecule has 1 heterocycles. The number of nitrogens with one attached hydrogen (secondary N) is 1. The van der Waals surface area contributed by atoms with Gasteiger partial charge in [-0.2, -0.15) is 0 Å². The Kier molecular flexibility index (Phi) is 5.41. The first kappa shape index (κ1) is 17.8. The molecule has 6 nitrogen and oxygen atoms in total. The van der Waals surface area contributed by atoms with Crippen molar-refractivity contribution < 1.29 is 14.3 Å². The lowest BCUT2D eigenvalue weighted by Crippen LogP contribution is -2.51. The molecular weight excluding hydrogens is 330 g/mol. The van der Waals surface area contributed by atoms with Crippen LogP contribution in [0.3, 0.4) is 0 Å². The van der Waals surface area contributed by atoms with Gasteiger partial charge in [-0.05, 0) is 48.9 Å². The van der Waals surface area contributed by atoms with E-state index in [-0.39, 0.29) is 0 Å². The maximum Gasteiger partial charge on any atom is 0.313 e. The van der Waals surface area contributed by atoms with Crippen LogP contribution in [0.25, 0.3) is 0 Å². The lowest BCUT2D eigenvalue weighted by atomic mass is 10.2. The van der Waals surface area contributed by atoms with Gasteiger partial charge in [-0.3, -0.25) is 9.59 Å². The Morgan fingerprint density at radius 1 is 1.00 bits per heavy atom. The van der Waals surface area contributed by atoms with Gasteiger partial charge >= 0.3 is 11.8 Å². The molecule has 0 aliphatic carbocycles. The van der Waals surface area contributed by atoms with Crippen LogP contribution < -0.4 is 15.0 Å². The fourth-order valence-electron chi connectivity index (χ4n) is 2.99. The number of hydrogen-bond acceptors (Lipinski definition) is 4. The highest BCUT2D eigenvalue weighted by Crippen LogP contribution is 2.18. The Balaban J connectivity index is 1.54. The SMILES string of the molecule is COc1ccc(NC(=O)C(=O)N2CCN(c3cccc(C)c3)CC2)cc1. The van der Waals surface area contributed by atoms with E-state index in [4.69, 9.17) is 4.74 Å². The monoisotopic (exact) mass is 353 g/mol. The smallest absolute Gasteiger partial charge is 0.313 e. The van der Waals surface area contributed by atoms with Crippen LogP contribution in [0.15, 0.2) is 48.5 Å². The van der Waals surface area contributed by atoms with Crippen LogP contribution in [-0.2, 0) is 9.59 Å². The molecule has 3 rings (SSSR count). The minimum Gasteiger partial charge on any atom is -0.497 e. The predicted molar refractivity (Wildman–Crippen MR) is 102 cm³/mol. The molecule has 1 aliphatic heterocycles. The van der Waals surface area contributed by atoms with Gasteiger partial charge < -0.3 is 19.9 Å². The molecule has 0 spiro atoms. The van der Waals surface area contributed by atoms with E-state index in [1.807, 2.05) is 6.07 Å². The third-order valence-corrected chi connectivity index (χ3v) is 4.48. The average Bonchev–Trinajstić information content (AvgIpc) is 2.68. The summed E-state index contributed by atoms with van der Waals surface area (Å²) in [6, 6.07) is 15.2. The van der Waals surface area contributed by atoms with E-state index in [1.165, 1.54) is 5.56 Å². The number of rotatable bonds is 3. The fraction of sp³-hybridized carbons (Fsp3) is 0.300. The van der Waals surface area contributed by atoms with Crippen molar-refractivity contribution in [2.45, 2.75) is 6.92 Å². The fourth-order valence-corrected chi connectivity index (χ4v) is 2.99. The number of nitrogens with zero attached hydrogens (tertiary/aromatic N) is 2. The zero-order chi connectivity index (χ0) is 18.5. The topological polar surface area (TPSA) is 61.9 Å². The quantitative estimate of drug-likeness (QED) is 0.860. The van der Waals surface area contributed by atoms with Crippen molar-refractivity contribution in [2.24, 2.45) is 0 Å². The van der Waals surface area contributed by atoms with Gasteiger partial charge in [0.1, 0.15) is 5.75 Å². The molecule has 2 amide bonds. The molecule has 1 aliphatic rings. The maximum atomic E-state index is 12.4. The standard InChI is InChI=1S/C20H23N3O3/c1-15-4-3-5-17(14-15)22-10-12-23(13-11-22)20(25)19(24)21-16-6-8-18(26-2)9-7-16/h3-9,14H,10-13H2,1-2H3,(H,21,24). The van der Waals surface area contributed by atoms with Crippen molar-refractivity contribution in [3.8, 4) is 5.75 Å².